The number of nitrogens with one attached hydrogen (secondary N) is 2. The lowest BCUT2D eigenvalue weighted by Crippen LogP contribution is -2.43. The Bertz CT molecular complexity index is 1050. The van der Waals surface area contributed by atoms with Gasteiger partial charge < -0.3 is 10.6 Å². The van der Waals surface area contributed by atoms with Crippen molar-refractivity contribution in [1.82, 2.24) is 25.3 Å². The molecule has 1 aliphatic heterocycles. The highest BCUT2D eigenvalue weighted by Crippen LogP contribution is 2.52. The number of aromatic nitrogens is 2. The summed E-state index contributed by atoms with van der Waals surface area (Å²) in [7, 11) is 0. The lowest BCUT2D eigenvalue weighted by molar-refractivity contribution is -0.140. The number of hydrogen-bond acceptors (Lipinski definition) is 4. The number of amides is 2. The average molecular weight is 574 g/mol. The zero-order valence-electron chi connectivity index (χ0n) is 19.3. The topological polar surface area (TPSA) is 91.6 Å². The van der Waals surface area contributed by atoms with Crippen molar-refractivity contribution in [2.24, 2.45) is 28.7 Å². The van der Waals surface area contributed by atoms with Crippen LogP contribution in [0.3, 0.4) is 0 Å². The van der Waals surface area contributed by atoms with Crippen LogP contribution in [0.15, 0.2) is 59.9 Å². The van der Waals surface area contributed by atoms with Crippen LogP contribution in [0.2, 0.25) is 0 Å². The van der Waals surface area contributed by atoms with Gasteiger partial charge in [0, 0.05) is 32.0 Å². The average Bonchev–Trinajstić information content (AvgIpc) is 3.60. The van der Waals surface area contributed by atoms with Gasteiger partial charge in [-0.3, -0.25) is 19.2 Å². The van der Waals surface area contributed by atoms with Crippen molar-refractivity contribution in [2.75, 3.05) is 19.6 Å². The number of imide groups is 1. The summed E-state index contributed by atoms with van der Waals surface area (Å²) in [5, 5.41) is 10.8. The highest BCUT2D eigenvalue weighted by molar-refractivity contribution is 14.0. The second kappa shape index (κ2) is 10.7. The molecular weight excluding hydrogens is 543 g/mol. The molecule has 1 aromatic heterocycles. The minimum Gasteiger partial charge on any atom is -0.357 e. The van der Waals surface area contributed by atoms with Crippen LogP contribution in [0.25, 0.3) is 0 Å². The lowest BCUT2D eigenvalue weighted by atomic mass is 9.85. The maximum Gasteiger partial charge on any atom is 0.233 e. The molecule has 0 radical (unpaired) electrons. The molecule has 9 heteroatoms. The van der Waals surface area contributed by atoms with E-state index in [1.165, 1.54) is 10.5 Å². The standard InChI is InChI=1S/C25H30N6O2.HI/c1-2-26-25(28-15-17-5-3-6-18(13-17)16-30-11-4-9-29-30)27-10-12-31-23(32)21-19-7-8-20(14-19)22(21)24(31)33;/h3-9,11,13,19-22H,2,10,12,14-16H2,1H3,(H2,26,27,28);1H. The van der Waals surface area contributed by atoms with Crippen molar-refractivity contribution in [2.45, 2.75) is 26.4 Å². The number of halogens is 1. The minimum atomic E-state index is -0.136. The molecule has 2 fully saturated rings. The molecule has 1 aromatic carbocycles. The first-order chi connectivity index (χ1) is 16.1. The first kappa shape index (κ1) is 24.4. The molecule has 8 nitrogen and oxygen atoms in total. The van der Waals surface area contributed by atoms with E-state index in [9.17, 15) is 9.59 Å². The quantitative estimate of drug-likeness (QED) is 0.166. The van der Waals surface area contributed by atoms with E-state index in [2.05, 4.69) is 51.1 Å². The van der Waals surface area contributed by atoms with Crippen LogP contribution in [0.4, 0.5) is 0 Å². The van der Waals surface area contributed by atoms with Gasteiger partial charge in [0.05, 0.1) is 24.9 Å². The van der Waals surface area contributed by atoms with Gasteiger partial charge in [-0.25, -0.2) is 4.99 Å². The van der Waals surface area contributed by atoms with E-state index < -0.39 is 0 Å². The van der Waals surface area contributed by atoms with Crippen LogP contribution in [0.1, 0.15) is 24.5 Å². The molecule has 2 heterocycles. The summed E-state index contributed by atoms with van der Waals surface area (Å²) >= 11 is 0. The molecule has 0 spiro atoms. The summed E-state index contributed by atoms with van der Waals surface area (Å²) < 4.78 is 1.89. The molecule has 34 heavy (non-hydrogen) atoms. The Kier molecular flexibility index (Phi) is 7.70. The molecule has 2 amide bonds. The predicted molar refractivity (Wildman–Crippen MR) is 140 cm³/mol. The molecule has 3 aliphatic rings. The zero-order valence-corrected chi connectivity index (χ0v) is 21.6. The van der Waals surface area contributed by atoms with E-state index in [4.69, 9.17) is 0 Å². The number of allylic oxidation sites excluding steroid dienone is 2. The summed E-state index contributed by atoms with van der Waals surface area (Å²) in [6, 6.07) is 10.2. The van der Waals surface area contributed by atoms with E-state index in [1.54, 1.807) is 6.20 Å². The van der Waals surface area contributed by atoms with Gasteiger partial charge in [-0.1, -0.05) is 36.4 Å². The molecule has 4 atom stereocenters. The Balaban J connectivity index is 0.00000274. The highest BCUT2D eigenvalue weighted by Gasteiger charge is 2.58. The number of hydrogen-bond donors (Lipinski definition) is 2. The largest absolute Gasteiger partial charge is 0.357 e. The van der Waals surface area contributed by atoms with Crippen LogP contribution in [0.5, 0.6) is 0 Å². The Morgan fingerprint density at radius 3 is 2.50 bits per heavy atom. The Labute approximate surface area is 216 Å². The fraction of sp³-hybridized carbons (Fsp3) is 0.440. The summed E-state index contributed by atoms with van der Waals surface area (Å²) in [6.07, 6.45) is 8.93. The number of fused-ring (bicyclic) bond motifs is 5. The van der Waals surface area contributed by atoms with Gasteiger partial charge in [-0.05, 0) is 42.4 Å². The van der Waals surface area contributed by atoms with E-state index in [1.807, 2.05) is 29.9 Å². The van der Waals surface area contributed by atoms with Gasteiger partial charge in [-0.15, -0.1) is 24.0 Å². The van der Waals surface area contributed by atoms with Crippen molar-refractivity contribution in [1.29, 1.82) is 0 Å². The number of guanidine groups is 1. The van der Waals surface area contributed by atoms with E-state index in [-0.39, 0.29) is 59.5 Å². The molecule has 4 unspecified atom stereocenters. The Morgan fingerprint density at radius 1 is 1.09 bits per heavy atom. The van der Waals surface area contributed by atoms with Gasteiger partial charge in [0.15, 0.2) is 5.96 Å². The third kappa shape index (κ3) is 4.89. The number of carbonyl (C=O) groups excluding carboxylic acids is 2. The number of rotatable bonds is 8. The molecule has 5 rings (SSSR count). The third-order valence-electron chi connectivity index (χ3n) is 6.85. The van der Waals surface area contributed by atoms with E-state index in [0.29, 0.717) is 25.6 Å². The molecule has 2 bridgehead atoms. The van der Waals surface area contributed by atoms with Crippen LogP contribution < -0.4 is 10.6 Å². The second-order valence-electron chi connectivity index (χ2n) is 8.97. The molecule has 2 N–H and O–H groups in total. The molecule has 2 aromatic rings. The van der Waals surface area contributed by atoms with E-state index in [0.717, 1.165) is 25.1 Å². The first-order valence-corrected chi connectivity index (χ1v) is 11.7. The van der Waals surface area contributed by atoms with Crippen molar-refractivity contribution in [3.8, 4) is 0 Å². The smallest absolute Gasteiger partial charge is 0.233 e. The zero-order chi connectivity index (χ0) is 22.8. The molecule has 1 saturated heterocycles. The van der Waals surface area contributed by atoms with Crippen molar-refractivity contribution < 1.29 is 9.59 Å². The normalized spacial score (nSPS) is 25.0. The predicted octanol–water partition coefficient (Wildman–Crippen LogP) is 2.41. The lowest BCUT2D eigenvalue weighted by Gasteiger charge is -2.18. The third-order valence-corrected chi connectivity index (χ3v) is 6.85. The first-order valence-electron chi connectivity index (χ1n) is 11.7. The maximum absolute atomic E-state index is 12.8. The molecule has 2 aliphatic carbocycles. The van der Waals surface area contributed by atoms with Crippen molar-refractivity contribution in [3.63, 3.8) is 0 Å². The van der Waals surface area contributed by atoms with Gasteiger partial charge in [-0.2, -0.15) is 5.10 Å². The second-order valence-corrected chi connectivity index (χ2v) is 8.97. The molecular formula is C25H31IN6O2. The summed E-state index contributed by atoms with van der Waals surface area (Å²) in [5.41, 5.74) is 2.28. The molecule has 1 saturated carbocycles. The number of carbonyl (C=O) groups is 2. The van der Waals surface area contributed by atoms with Crippen molar-refractivity contribution in [3.05, 3.63) is 66.0 Å². The number of likely N-dealkylation sites (tertiary alicyclic amines) is 1. The van der Waals surface area contributed by atoms with Gasteiger partial charge in [0.1, 0.15) is 0 Å². The van der Waals surface area contributed by atoms with Crippen molar-refractivity contribution >= 4 is 41.8 Å². The fourth-order valence-electron chi connectivity index (χ4n) is 5.39. The minimum absolute atomic E-state index is 0. The fourth-order valence-corrected chi connectivity index (χ4v) is 5.39. The van der Waals surface area contributed by atoms with Gasteiger partial charge in [0.2, 0.25) is 11.8 Å². The number of benzene rings is 1. The van der Waals surface area contributed by atoms with Crippen LogP contribution in [-0.4, -0.2) is 52.1 Å². The maximum atomic E-state index is 12.8. The monoisotopic (exact) mass is 574 g/mol. The number of nitrogens with zero attached hydrogens (tertiary/aromatic N) is 4. The Hall–Kier alpha value is -2.69. The van der Waals surface area contributed by atoms with Crippen LogP contribution in [-0.2, 0) is 22.7 Å². The van der Waals surface area contributed by atoms with E-state index >= 15 is 0 Å². The SMILES string of the molecule is CCNC(=NCc1cccc(Cn2cccn2)c1)NCCN1C(=O)C2C3C=CC(C3)C2C1=O.I. The van der Waals surface area contributed by atoms with Gasteiger partial charge in [0.25, 0.3) is 0 Å². The summed E-state index contributed by atoms with van der Waals surface area (Å²) in [4.78, 5) is 31.8. The Morgan fingerprint density at radius 2 is 1.82 bits per heavy atom. The highest BCUT2D eigenvalue weighted by atomic mass is 127. The number of aliphatic imine (C=N–C) groups is 1. The van der Waals surface area contributed by atoms with Crippen LogP contribution in [0, 0.1) is 23.7 Å². The molecule has 180 valence electrons. The summed E-state index contributed by atoms with van der Waals surface area (Å²) in [5.74, 6) is 0.900. The summed E-state index contributed by atoms with van der Waals surface area (Å²) in [6.45, 7) is 4.84. The van der Waals surface area contributed by atoms with Crippen LogP contribution >= 0.6 is 24.0 Å². The van der Waals surface area contributed by atoms with Gasteiger partial charge >= 0.3 is 0 Å².